The fourth-order valence-corrected chi connectivity index (χ4v) is 4.17. The molecule has 5 heteroatoms. The number of carbonyl (C=O) groups is 2. The van der Waals surface area contributed by atoms with Crippen LogP contribution in [-0.4, -0.2) is 35.0 Å². The molecule has 0 spiro atoms. The van der Waals surface area contributed by atoms with Gasteiger partial charge < -0.3 is 10.0 Å². The first-order valence-electron chi connectivity index (χ1n) is 7.20. The molecule has 108 valence electrons. The van der Waals surface area contributed by atoms with Crippen molar-refractivity contribution in [3.63, 3.8) is 0 Å². The van der Waals surface area contributed by atoms with Gasteiger partial charge in [-0.3, -0.25) is 9.59 Å². The Morgan fingerprint density at radius 3 is 2.70 bits per heavy atom. The maximum absolute atomic E-state index is 12.4. The molecule has 1 aliphatic heterocycles. The molecular formula is C15H19NO3S. The van der Waals surface area contributed by atoms with Crippen LogP contribution in [0.5, 0.6) is 0 Å². The first kappa shape index (κ1) is 13.6. The standard InChI is InChI=1S/C15H19NO3S/c1-9(15(18)19)11-7-16(8-11)14(17)13-6-10-4-2-3-5-12(10)20-13/h6,9,11H,2-5,7-8H2,1H3,(H,18,19). The molecule has 1 amide bonds. The summed E-state index contributed by atoms with van der Waals surface area (Å²) in [4.78, 5) is 27.3. The van der Waals surface area contributed by atoms with Crippen molar-refractivity contribution in [2.45, 2.75) is 32.6 Å². The summed E-state index contributed by atoms with van der Waals surface area (Å²) in [6, 6.07) is 2.05. The Balaban J connectivity index is 1.63. The summed E-state index contributed by atoms with van der Waals surface area (Å²) in [7, 11) is 0. The van der Waals surface area contributed by atoms with Gasteiger partial charge in [0.1, 0.15) is 0 Å². The summed E-state index contributed by atoms with van der Waals surface area (Å²) in [6.07, 6.45) is 4.64. The van der Waals surface area contributed by atoms with Gasteiger partial charge in [-0.2, -0.15) is 0 Å². The quantitative estimate of drug-likeness (QED) is 0.931. The van der Waals surface area contributed by atoms with E-state index in [9.17, 15) is 9.59 Å². The van der Waals surface area contributed by atoms with E-state index in [2.05, 4.69) is 6.07 Å². The first-order chi connectivity index (χ1) is 9.56. The Morgan fingerprint density at radius 2 is 2.05 bits per heavy atom. The number of thiophene rings is 1. The molecule has 1 aromatic heterocycles. The molecule has 0 radical (unpaired) electrons. The molecule has 0 saturated carbocycles. The van der Waals surface area contributed by atoms with E-state index in [-0.39, 0.29) is 17.7 Å². The highest BCUT2D eigenvalue weighted by Crippen LogP contribution is 2.32. The SMILES string of the molecule is CC(C(=O)O)C1CN(C(=O)c2cc3c(s2)CCCC3)C1. The van der Waals surface area contributed by atoms with Gasteiger partial charge in [0.2, 0.25) is 0 Å². The number of hydrogen-bond acceptors (Lipinski definition) is 3. The summed E-state index contributed by atoms with van der Waals surface area (Å²) in [6.45, 7) is 2.88. The van der Waals surface area contributed by atoms with Crippen LogP contribution in [-0.2, 0) is 17.6 Å². The topological polar surface area (TPSA) is 57.6 Å². The van der Waals surface area contributed by atoms with Gasteiger partial charge >= 0.3 is 5.97 Å². The maximum Gasteiger partial charge on any atom is 0.306 e. The van der Waals surface area contributed by atoms with Gasteiger partial charge in [0, 0.05) is 23.9 Å². The highest BCUT2D eigenvalue weighted by atomic mass is 32.1. The third-order valence-electron chi connectivity index (χ3n) is 4.50. The number of amides is 1. The summed E-state index contributed by atoms with van der Waals surface area (Å²) in [5.74, 6) is -0.950. The second-order valence-corrected chi connectivity index (χ2v) is 7.00. The van der Waals surface area contributed by atoms with Crippen LogP contribution in [0.1, 0.15) is 39.9 Å². The van der Waals surface area contributed by atoms with Gasteiger partial charge in [-0.05, 0) is 37.3 Å². The largest absolute Gasteiger partial charge is 0.481 e. The number of carboxylic acids is 1. The smallest absolute Gasteiger partial charge is 0.306 e. The lowest BCUT2D eigenvalue weighted by atomic mass is 9.87. The maximum atomic E-state index is 12.4. The van der Waals surface area contributed by atoms with E-state index in [4.69, 9.17) is 5.11 Å². The molecule has 2 heterocycles. The van der Waals surface area contributed by atoms with E-state index >= 15 is 0 Å². The lowest BCUT2D eigenvalue weighted by Gasteiger charge is -2.41. The molecule has 4 nitrogen and oxygen atoms in total. The fourth-order valence-electron chi connectivity index (χ4n) is 2.95. The normalized spacial score (nSPS) is 20.1. The molecule has 1 N–H and O–H groups in total. The van der Waals surface area contributed by atoms with Crippen LogP contribution < -0.4 is 0 Å². The van der Waals surface area contributed by atoms with Crippen molar-refractivity contribution in [2.24, 2.45) is 11.8 Å². The van der Waals surface area contributed by atoms with Crippen molar-refractivity contribution >= 4 is 23.2 Å². The Hall–Kier alpha value is -1.36. The first-order valence-corrected chi connectivity index (χ1v) is 8.01. The Bertz CT molecular complexity index is 522. The van der Waals surface area contributed by atoms with Crippen molar-refractivity contribution in [2.75, 3.05) is 13.1 Å². The summed E-state index contributed by atoms with van der Waals surface area (Å²) in [5, 5.41) is 8.97. The Kier molecular flexibility index (Phi) is 3.54. The van der Waals surface area contributed by atoms with E-state index in [0.717, 1.165) is 17.7 Å². The average Bonchev–Trinajstić information content (AvgIpc) is 2.80. The summed E-state index contributed by atoms with van der Waals surface area (Å²) >= 11 is 1.63. The molecule has 1 saturated heterocycles. The number of rotatable bonds is 3. The monoisotopic (exact) mass is 293 g/mol. The van der Waals surface area contributed by atoms with Gasteiger partial charge in [-0.1, -0.05) is 6.92 Å². The molecule has 1 aliphatic carbocycles. The molecule has 1 atom stereocenters. The molecule has 0 bridgehead atoms. The number of aryl methyl sites for hydroxylation is 2. The number of carboxylic acid groups (broad SMARTS) is 1. The molecular weight excluding hydrogens is 274 g/mol. The minimum absolute atomic E-state index is 0.0817. The van der Waals surface area contributed by atoms with Crippen LogP contribution in [0.15, 0.2) is 6.07 Å². The zero-order valence-corrected chi connectivity index (χ0v) is 12.4. The molecule has 1 fully saturated rings. The Morgan fingerprint density at radius 1 is 1.35 bits per heavy atom. The van der Waals surface area contributed by atoms with Crippen LogP contribution in [0.25, 0.3) is 0 Å². The van der Waals surface area contributed by atoms with Gasteiger partial charge in [0.25, 0.3) is 5.91 Å². The van der Waals surface area contributed by atoms with E-state index in [1.807, 2.05) is 0 Å². The van der Waals surface area contributed by atoms with Crippen molar-refractivity contribution in [3.8, 4) is 0 Å². The number of likely N-dealkylation sites (tertiary alicyclic amines) is 1. The van der Waals surface area contributed by atoms with Crippen molar-refractivity contribution in [1.82, 2.24) is 4.90 Å². The zero-order valence-electron chi connectivity index (χ0n) is 11.6. The summed E-state index contributed by atoms with van der Waals surface area (Å²) < 4.78 is 0. The van der Waals surface area contributed by atoms with E-state index in [1.54, 1.807) is 23.2 Å². The van der Waals surface area contributed by atoms with Crippen LogP contribution in [0.3, 0.4) is 0 Å². The lowest BCUT2D eigenvalue weighted by Crippen LogP contribution is -2.53. The molecule has 20 heavy (non-hydrogen) atoms. The van der Waals surface area contributed by atoms with E-state index < -0.39 is 5.97 Å². The minimum atomic E-state index is -0.770. The highest BCUT2D eigenvalue weighted by molar-refractivity contribution is 7.14. The van der Waals surface area contributed by atoms with Crippen molar-refractivity contribution in [1.29, 1.82) is 0 Å². The Labute approximate surface area is 122 Å². The van der Waals surface area contributed by atoms with Crippen LogP contribution >= 0.6 is 11.3 Å². The number of aliphatic carboxylic acids is 1. The molecule has 1 unspecified atom stereocenters. The van der Waals surface area contributed by atoms with E-state index in [1.165, 1.54) is 23.3 Å². The molecule has 2 aliphatic rings. The third-order valence-corrected chi connectivity index (χ3v) is 5.73. The predicted molar refractivity (Wildman–Crippen MR) is 77.2 cm³/mol. The highest BCUT2D eigenvalue weighted by Gasteiger charge is 2.38. The number of hydrogen-bond donors (Lipinski definition) is 1. The fraction of sp³-hybridized carbons (Fsp3) is 0.600. The zero-order chi connectivity index (χ0) is 14.3. The second-order valence-electron chi connectivity index (χ2n) is 5.86. The lowest BCUT2D eigenvalue weighted by molar-refractivity contribution is -0.144. The molecule has 0 aromatic carbocycles. The van der Waals surface area contributed by atoms with Gasteiger partial charge in [-0.15, -0.1) is 11.3 Å². The third kappa shape index (κ3) is 2.35. The van der Waals surface area contributed by atoms with Crippen molar-refractivity contribution < 1.29 is 14.7 Å². The average molecular weight is 293 g/mol. The summed E-state index contributed by atoms with van der Waals surface area (Å²) in [5.41, 5.74) is 1.35. The molecule has 3 rings (SSSR count). The number of fused-ring (bicyclic) bond motifs is 1. The predicted octanol–water partition coefficient (Wildman–Crippen LogP) is 2.42. The minimum Gasteiger partial charge on any atom is -0.481 e. The van der Waals surface area contributed by atoms with Crippen molar-refractivity contribution in [3.05, 3.63) is 21.4 Å². The van der Waals surface area contributed by atoms with Crippen LogP contribution in [0.2, 0.25) is 0 Å². The van der Waals surface area contributed by atoms with E-state index in [0.29, 0.717) is 13.1 Å². The number of nitrogens with zero attached hydrogens (tertiary/aromatic N) is 1. The van der Waals surface area contributed by atoms with Gasteiger partial charge in [-0.25, -0.2) is 0 Å². The van der Waals surface area contributed by atoms with Crippen LogP contribution in [0, 0.1) is 11.8 Å². The number of carbonyl (C=O) groups excluding carboxylic acids is 1. The van der Waals surface area contributed by atoms with Gasteiger partial charge in [0.05, 0.1) is 10.8 Å². The second kappa shape index (κ2) is 5.20. The van der Waals surface area contributed by atoms with Crippen LogP contribution in [0.4, 0.5) is 0 Å². The molecule has 1 aromatic rings. The van der Waals surface area contributed by atoms with Gasteiger partial charge in [0.15, 0.2) is 0 Å².